The lowest BCUT2D eigenvalue weighted by molar-refractivity contribution is 0.219. The van der Waals surface area contributed by atoms with Crippen LogP contribution >= 0.6 is 0 Å². The zero-order valence-corrected chi connectivity index (χ0v) is 11.4. The lowest BCUT2D eigenvalue weighted by Crippen LogP contribution is -2.34. The highest BCUT2D eigenvalue weighted by Gasteiger charge is 2.15. The number of hydrogen-bond donors (Lipinski definition) is 0. The van der Waals surface area contributed by atoms with Crippen LogP contribution in [-0.2, 0) is 6.54 Å². The standard InChI is InChI=1S/C14H18N4O2/c19-14-18(11-10-17-8-2-1-3-9-17)13(16-20-14)12-4-6-15-7-5-12/h4-7H,1-3,8-11H2. The van der Waals surface area contributed by atoms with E-state index in [9.17, 15) is 4.79 Å². The number of pyridine rings is 1. The van der Waals surface area contributed by atoms with E-state index < -0.39 is 5.76 Å². The Labute approximate surface area is 117 Å². The van der Waals surface area contributed by atoms with Gasteiger partial charge < -0.3 is 4.90 Å². The predicted molar refractivity (Wildman–Crippen MR) is 74.3 cm³/mol. The lowest BCUT2D eigenvalue weighted by Gasteiger charge is -2.26. The van der Waals surface area contributed by atoms with Crippen LogP contribution in [0.3, 0.4) is 0 Å². The van der Waals surface area contributed by atoms with Gasteiger partial charge in [0.25, 0.3) is 0 Å². The average Bonchev–Trinajstić information content (AvgIpc) is 2.88. The number of hydrogen-bond acceptors (Lipinski definition) is 5. The van der Waals surface area contributed by atoms with E-state index in [0.29, 0.717) is 12.4 Å². The van der Waals surface area contributed by atoms with E-state index in [1.165, 1.54) is 19.3 Å². The fourth-order valence-electron chi connectivity index (χ4n) is 2.60. The average molecular weight is 274 g/mol. The molecule has 1 fully saturated rings. The molecule has 0 saturated carbocycles. The Morgan fingerprint density at radius 3 is 2.60 bits per heavy atom. The van der Waals surface area contributed by atoms with Gasteiger partial charge in [-0.15, -0.1) is 0 Å². The van der Waals surface area contributed by atoms with Gasteiger partial charge in [-0.25, -0.2) is 4.79 Å². The van der Waals surface area contributed by atoms with Crippen molar-refractivity contribution in [2.24, 2.45) is 0 Å². The highest BCUT2D eigenvalue weighted by Crippen LogP contribution is 2.14. The van der Waals surface area contributed by atoms with Crippen molar-refractivity contribution in [3.63, 3.8) is 0 Å². The van der Waals surface area contributed by atoms with Crippen LogP contribution in [0.4, 0.5) is 0 Å². The molecule has 0 radical (unpaired) electrons. The predicted octanol–water partition coefficient (Wildman–Crippen LogP) is 1.38. The molecule has 2 aromatic rings. The van der Waals surface area contributed by atoms with E-state index in [1.54, 1.807) is 17.0 Å². The van der Waals surface area contributed by atoms with Crippen molar-refractivity contribution >= 4 is 0 Å². The summed E-state index contributed by atoms with van der Waals surface area (Å²) in [6.07, 6.45) is 7.17. The van der Waals surface area contributed by atoms with Crippen molar-refractivity contribution in [3.05, 3.63) is 35.1 Å². The van der Waals surface area contributed by atoms with Gasteiger partial charge >= 0.3 is 5.76 Å². The molecule has 0 spiro atoms. The lowest BCUT2D eigenvalue weighted by atomic mass is 10.1. The van der Waals surface area contributed by atoms with Gasteiger partial charge in [0.05, 0.1) is 0 Å². The van der Waals surface area contributed by atoms with Crippen LogP contribution in [0.5, 0.6) is 0 Å². The summed E-state index contributed by atoms with van der Waals surface area (Å²) in [6.45, 7) is 3.70. The molecular formula is C14H18N4O2. The number of aromatic nitrogens is 3. The Balaban J connectivity index is 1.76. The smallest absolute Gasteiger partial charge is 0.302 e. The third kappa shape index (κ3) is 2.80. The molecule has 3 rings (SSSR count). The molecule has 6 nitrogen and oxygen atoms in total. The van der Waals surface area contributed by atoms with E-state index in [2.05, 4.69) is 15.0 Å². The van der Waals surface area contributed by atoms with Crippen LogP contribution < -0.4 is 5.76 Å². The first-order valence-electron chi connectivity index (χ1n) is 7.04. The number of likely N-dealkylation sites (tertiary alicyclic amines) is 1. The zero-order valence-electron chi connectivity index (χ0n) is 11.4. The summed E-state index contributed by atoms with van der Waals surface area (Å²) in [5.41, 5.74) is 0.851. The summed E-state index contributed by atoms with van der Waals surface area (Å²) in [5.74, 6) is 0.184. The first-order chi connectivity index (χ1) is 9.84. The van der Waals surface area contributed by atoms with Crippen LogP contribution in [0.2, 0.25) is 0 Å². The van der Waals surface area contributed by atoms with Crippen LogP contribution in [0.25, 0.3) is 11.4 Å². The zero-order chi connectivity index (χ0) is 13.8. The van der Waals surface area contributed by atoms with Crippen molar-refractivity contribution in [1.82, 2.24) is 19.6 Å². The van der Waals surface area contributed by atoms with Gasteiger partial charge in [0, 0.05) is 31.0 Å². The summed E-state index contributed by atoms with van der Waals surface area (Å²) in [5, 5.41) is 3.88. The first kappa shape index (κ1) is 13.1. The van der Waals surface area contributed by atoms with Crippen molar-refractivity contribution in [2.45, 2.75) is 25.8 Å². The third-order valence-corrected chi connectivity index (χ3v) is 3.71. The molecule has 0 bridgehead atoms. The number of piperidine rings is 1. The summed E-state index contributed by atoms with van der Waals surface area (Å²) in [4.78, 5) is 18.1. The molecule has 3 heterocycles. The minimum absolute atomic E-state index is 0.395. The number of rotatable bonds is 4. The van der Waals surface area contributed by atoms with E-state index in [-0.39, 0.29) is 0 Å². The second-order valence-electron chi connectivity index (χ2n) is 5.06. The van der Waals surface area contributed by atoms with Crippen LogP contribution in [0.1, 0.15) is 19.3 Å². The van der Waals surface area contributed by atoms with Crippen LogP contribution in [0.15, 0.2) is 33.8 Å². The summed E-state index contributed by atoms with van der Waals surface area (Å²) in [7, 11) is 0. The largest absolute Gasteiger partial charge is 0.441 e. The maximum atomic E-state index is 11.8. The monoisotopic (exact) mass is 274 g/mol. The van der Waals surface area contributed by atoms with Gasteiger partial charge in [0.2, 0.25) is 0 Å². The van der Waals surface area contributed by atoms with E-state index in [1.807, 2.05) is 12.1 Å². The Kier molecular flexibility index (Phi) is 3.92. The Bertz CT molecular complexity index is 599. The van der Waals surface area contributed by atoms with Gasteiger partial charge in [-0.1, -0.05) is 11.6 Å². The fourth-order valence-corrected chi connectivity index (χ4v) is 2.60. The quantitative estimate of drug-likeness (QED) is 0.843. The Morgan fingerprint density at radius 2 is 1.85 bits per heavy atom. The normalized spacial score (nSPS) is 16.4. The summed E-state index contributed by atoms with van der Waals surface area (Å²) in [6, 6.07) is 3.66. The van der Waals surface area contributed by atoms with Crippen LogP contribution in [0, 0.1) is 0 Å². The SMILES string of the molecule is O=c1onc(-c2ccncc2)n1CCN1CCCCC1. The van der Waals surface area contributed by atoms with E-state index >= 15 is 0 Å². The Hall–Kier alpha value is -1.95. The highest BCUT2D eigenvalue weighted by atomic mass is 16.5. The molecule has 1 saturated heterocycles. The first-order valence-corrected chi connectivity index (χ1v) is 7.04. The molecule has 1 aliphatic heterocycles. The van der Waals surface area contributed by atoms with Crippen LogP contribution in [-0.4, -0.2) is 39.2 Å². The van der Waals surface area contributed by atoms with Gasteiger partial charge in [0.15, 0.2) is 5.82 Å². The molecule has 0 aliphatic carbocycles. The third-order valence-electron chi connectivity index (χ3n) is 3.71. The van der Waals surface area contributed by atoms with Gasteiger partial charge in [-0.2, -0.15) is 0 Å². The molecule has 20 heavy (non-hydrogen) atoms. The summed E-state index contributed by atoms with van der Waals surface area (Å²) < 4.78 is 6.41. The maximum Gasteiger partial charge on any atom is 0.441 e. The topological polar surface area (TPSA) is 64.2 Å². The Morgan fingerprint density at radius 1 is 1.10 bits per heavy atom. The van der Waals surface area contributed by atoms with Gasteiger partial charge in [-0.05, 0) is 38.1 Å². The molecule has 1 aliphatic rings. The highest BCUT2D eigenvalue weighted by molar-refractivity contribution is 5.53. The minimum atomic E-state index is -0.395. The van der Waals surface area contributed by atoms with Crippen molar-refractivity contribution in [1.29, 1.82) is 0 Å². The minimum Gasteiger partial charge on any atom is -0.302 e. The summed E-state index contributed by atoms with van der Waals surface area (Å²) >= 11 is 0. The second kappa shape index (κ2) is 6.00. The molecule has 2 aromatic heterocycles. The molecule has 0 aromatic carbocycles. The molecule has 0 amide bonds. The van der Waals surface area contributed by atoms with Crippen molar-refractivity contribution in [3.8, 4) is 11.4 Å². The maximum absolute atomic E-state index is 11.8. The van der Waals surface area contributed by atoms with Crippen molar-refractivity contribution < 1.29 is 4.52 Å². The molecule has 0 atom stereocenters. The van der Waals surface area contributed by atoms with Gasteiger partial charge in [0.1, 0.15) is 0 Å². The molecule has 0 N–H and O–H groups in total. The molecule has 0 unspecified atom stereocenters. The van der Waals surface area contributed by atoms with Gasteiger partial charge in [-0.3, -0.25) is 14.1 Å². The molecular weight excluding hydrogens is 256 g/mol. The molecule has 106 valence electrons. The molecule has 6 heteroatoms. The fraction of sp³-hybridized carbons (Fsp3) is 0.500. The van der Waals surface area contributed by atoms with Crippen molar-refractivity contribution in [2.75, 3.05) is 19.6 Å². The van der Waals surface area contributed by atoms with E-state index in [0.717, 1.165) is 25.2 Å². The second-order valence-corrected chi connectivity index (χ2v) is 5.06. The number of nitrogens with zero attached hydrogens (tertiary/aromatic N) is 4. The van der Waals surface area contributed by atoms with E-state index in [4.69, 9.17) is 4.52 Å².